The van der Waals surface area contributed by atoms with Crippen LogP contribution < -0.4 is 14.9 Å². The maximum atomic E-state index is 13.7. The van der Waals surface area contributed by atoms with E-state index in [1.165, 1.54) is 30.6 Å². The molecular weight excluding hydrogens is 723 g/mol. The predicted octanol–water partition coefficient (Wildman–Crippen LogP) is 6.35. The van der Waals surface area contributed by atoms with Crippen LogP contribution in [0, 0.1) is 24.2 Å². The minimum absolute atomic E-state index is 0.00127. The molecule has 14 heteroatoms. The Labute approximate surface area is 318 Å². The van der Waals surface area contributed by atoms with E-state index < -0.39 is 15.9 Å². The van der Waals surface area contributed by atoms with Crippen molar-refractivity contribution < 1.29 is 22.7 Å². The number of carbonyl (C=O) groups excluding carboxylic acids is 2. The molecule has 0 spiro atoms. The van der Waals surface area contributed by atoms with Crippen molar-refractivity contribution in [2.45, 2.75) is 70.6 Å². The number of pyridine rings is 1. The maximum Gasteiger partial charge on any atom is 0.284 e. The molecular formula is C40H43N7O5S2. The number of nitrogens with one attached hydrogen (secondary N) is 2. The number of sulfonamides is 1. The number of benzene rings is 2. The number of para-hydroxylation sites is 1. The van der Waals surface area contributed by atoms with E-state index >= 15 is 0 Å². The number of ether oxygens (including phenoxy) is 1. The third-order valence-electron chi connectivity index (χ3n) is 12.2. The first-order chi connectivity index (χ1) is 25.9. The summed E-state index contributed by atoms with van der Waals surface area (Å²) in [6.07, 6.45) is 10.3. The van der Waals surface area contributed by atoms with Gasteiger partial charge in [-0.3, -0.25) is 19.6 Å². The maximum absolute atomic E-state index is 13.7. The van der Waals surface area contributed by atoms with Crippen molar-refractivity contribution in [2.24, 2.45) is 17.3 Å². The highest BCUT2D eigenvalue weighted by Gasteiger charge is 2.58. The zero-order chi connectivity index (χ0) is 37.4. The average molecular weight is 766 g/mol. The number of carbonyl (C=O) groups is 2. The molecule has 5 aliphatic rings. The van der Waals surface area contributed by atoms with Crippen LogP contribution in [-0.4, -0.2) is 65.5 Å². The van der Waals surface area contributed by atoms with Crippen molar-refractivity contribution in [1.29, 1.82) is 0 Å². The Balaban J connectivity index is 1.01. The van der Waals surface area contributed by atoms with Gasteiger partial charge >= 0.3 is 0 Å². The van der Waals surface area contributed by atoms with E-state index in [9.17, 15) is 18.0 Å². The smallest absolute Gasteiger partial charge is 0.284 e. The molecule has 4 heterocycles. The summed E-state index contributed by atoms with van der Waals surface area (Å²) in [5.41, 5.74) is 5.52. The number of anilines is 2. The number of aromatic nitrogens is 4. The molecule has 0 saturated heterocycles. The Morgan fingerprint density at radius 3 is 2.54 bits per heavy atom. The zero-order valence-corrected chi connectivity index (χ0v) is 32.2. The lowest BCUT2D eigenvalue weighted by Crippen LogP contribution is -2.57. The molecule has 1 aliphatic heterocycles. The molecule has 0 radical (unpaired) electrons. The molecule has 4 aliphatic carbocycles. The van der Waals surface area contributed by atoms with Gasteiger partial charge in [0.15, 0.2) is 5.13 Å². The molecule has 5 aromatic rings. The zero-order valence-electron chi connectivity index (χ0n) is 30.6. The van der Waals surface area contributed by atoms with Gasteiger partial charge < -0.3 is 9.64 Å². The number of hydrogen-bond donors (Lipinski definition) is 2. The van der Waals surface area contributed by atoms with Crippen LogP contribution in [0.1, 0.15) is 76.2 Å². The van der Waals surface area contributed by atoms with Crippen LogP contribution in [0.15, 0.2) is 60.8 Å². The lowest BCUT2D eigenvalue weighted by atomic mass is 9.48. The predicted molar refractivity (Wildman–Crippen MR) is 208 cm³/mol. The Morgan fingerprint density at radius 2 is 1.78 bits per heavy atom. The molecule has 2 N–H and O–H groups in total. The summed E-state index contributed by atoms with van der Waals surface area (Å²) >= 11 is 1.42. The van der Waals surface area contributed by atoms with Gasteiger partial charge in [-0.15, -0.1) is 0 Å². The molecule has 12 nitrogen and oxygen atoms in total. The van der Waals surface area contributed by atoms with Gasteiger partial charge in [-0.1, -0.05) is 35.6 Å². The van der Waals surface area contributed by atoms with Crippen molar-refractivity contribution >= 4 is 54.3 Å². The summed E-state index contributed by atoms with van der Waals surface area (Å²) in [7, 11) is -2.01. The molecule has 280 valence electrons. The topological polar surface area (TPSA) is 148 Å². The monoisotopic (exact) mass is 765 g/mol. The molecule has 2 amide bonds. The molecule has 4 saturated carbocycles. The highest BCUT2D eigenvalue weighted by Crippen LogP contribution is 2.63. The molecule has 2 atom stereocenters. The first-order valence-corrected chi connectivity index (χ1v) is 21.2. The second-order valence-electron chi connectivity index (χ2n) is 16.0. The summed E-state index contributed by atoms with van der Waals surface area (Å²) in [5, 5.41) is 8.36. The quantitative estimate of drug-likeness (QED) is 0.175. The largest absolute Gasteiger partial charge is 0.378 e. The van der Waals surface area contributed by atoms with Crippen LogP contribution in [0.2, 0.25) is 0 Å². The fraction of sp³-hybridized carbons (Fsp3) is 0.425. The third-order valence-corrected chi connectivity index (χ3v) is 13.7. The Kier molecular flexibility index (Phi) is 8.43. The Morgan fingerprint density at radius 1 is 0.981 bits per heavy atom. The first kappa shape index (κ1) is 35.1. The van der Waals surface area contributed by atoms with Crippen LogP contribution in [0.4, 0.5) is 10.9 Å². The summed E-state index contributed by atoms with van der Waals surface area (Å²) < 4.78 is 36.0. The van der Waals surface area contributed by atoms with Crippen molar-refractivity contribution in [3.05, 3.63) is 88.9 Å². The van der Waals surface area contributed by atoms with E-state index in [2.05, 4.69) is 19.7 Å². The lowest BCUT2D eigenvalue weighted by molar-refractivity contribution is -0.184. The Bertz CT molecular complexity index is 2390. The SMILES string of the molecule is COC12CC3CC(CC(Cn4ncc(-c5ccc(N6CCc7cccc(C(=O)Nc8nc9ccccc9s8)c7C6)nc5C(=O)NS(C)(=O)=O)c4C)(C3)C1)C2. The molecule has 4 bridgehead atoms. The number of methoxy groups -OCH3 is 1. The van der Waals surface area contributed by atoms with Crippen LogP contribution >= 0.6 is 11.3 Å². The second kappa shape index (κ2) is 13.0. The first-order valence-electron chi connectivity index (χ1n) is 18.5. The third kappa shape index (κ3) is 6.37. The number of amides is 2. The molecule has 2 aromatic carbocycles. The number of thiazole rings is 1. The highest BCUT2D eigenvalue weighted by molar-refractivity contribution is 7.89. The van der Waals surface area contributed by atoms with E-state index in [0.29, 0.717) is 53.4 Å². The molecule has 10 rings (SSSR count). The summed E-state index contributed by atoms with van der Waals surface area (Å²) in [4.78, 5) is 38.8. The molecule has 4 fully saturated rings. The fourth-order valence-corrected chi connectivity index (χ4v) is 11.6. The molecule has 54 heavy (non-hydrogen) atoms. The van der Waals surface area contributed by atoms with E-state index in [1.54, 1.807) is 6.20 Å². The van der Waals surface area contributed by atoms with Gasteiger partial charge in [0.05, 0.1) is 28.3 Å². The van der Waals surface area contributed by atoms with Crippen LogP contribution in [0.3, 0.4) is 0 Å². The summed E-state index contributed by atoms with van der Waals surface area (Å²) in [6.45, 7) is 3.75. The van der Waals surface area contributed by atoms with Crippen LogP contribution in [0.25, 0.3) is 21.3 Å². The minimum Gasteiger partial charge on any atom is -0.378 e. The molecule has 2 unspecified atom stereocenters. The van der Waals surface area contributed by atoms with E-state index in [1.807, 2.05) is 73.5 Å². The number of rotatable bonds is 9. The number of fused-ring (bicyclic) bond motifs is 2. The van der Waals surface area contributed by atoms with Crippen molar-refractivity contribution in [1.82, 2.24) is 24.5 Å². The Hall–Kier alpha value is -4.66. The van der Waals surface area contributed by atoms with Gasteiger partial charge in [0.25, 0.3) is 11.8 Å². The second-order valence-corrected chi connectivity index (χ2v) is 18.8. The van der Waals surface area contributed by atoms with Crippen LogP contribution in [0.5, 0.6) is 0 Å². The highest BCUT2D eigenvalue weighted by atomic mass is 32.2. The van der Waals surface area contributed by atoms with Gasteiger partial charge in [0.1, 0.15) is 11.5 Å². The normalized spacial score (nSPS) is 24.5. The number of hydrogen-bond acceptors (Lipinski definition) is 10. The number of nitrogens with zero attached hydrogens (tertiary/aromatic N) is 5. The summed E-state index contributed by atoms with van der Waals surface area (Å²) in [5.74, 6) is 0.805. The van der Waals surface area contributed by atoms with Gasteiger partial charge in [-0.2, -0.15) is 5.10 Å². The van der Waals surface area contributed by atoms with E-state index in [-0.39, 0.29) is 22.6 Å². The van der Waals surface area contributed by atoms with Crippen molar-refractivity contribution in [3.8, 4) is 11.1 Å². The van der Waals surface area contributed by atoms with Crippen LogP contribution in [-0.2, 0) is 34.3 Å². The van der Waals surface area contributed by atoms with Gasteiger partial charge in [0, 0.05) is 49.1 Å². The molecule has 3 aromatic heterocycles. The van der Waals surface area contributed by atoms with Crippen molar-refractivity contribution in [3.63, 3.8) is 0 Å². The standard InChI is InChI=1S/C40H43N7O5S2/c1-24-30(20-41-47(24)23-39-16-25-15-26(17-39)19-40(18-25,22-39)52-2)28-11-12-34(43-35(28)37(49)45-54(3,50)51)46-14-13-27-7-6-8-29(31(27)21-46)36(48)44-38-42-32-9-4-5-10-33(32)53-38/h4-12,20,25-26H,13-19,21-23H2,1-3H3,(H,45,49)(H,42,44,48). The van der Waals surface area contributed by atoms with Gasteiger partial charge in [0.2, 0.25) is 10.0 Å². The van der Waals surface area contributed by atoms with Crippen molar-refractivity contribution in [2.75, 3.05) is 30.1 Å². The minimum atomic E-state index is -3.88. The van der Waals surface area contributed by atoms with Gasteiger partial charge in [-0.05, 0) is 111 Å². The lowest BCUT2D eigenvalue weighted by Gasteiger charge is -2.61. The summed E-state index contributed by atoms with van der Waals surface area (Å²) in [6, 6.07) is 17.2. The van der Waals surface area contributed by atoms with Gasteiger partial charge in [-0.25, -0.2) is 23.1 Å². The average Bonchev–Trinajstić information content (AvgIpc) is 3.71. The van der Waals surface area contributed by atoms with E-state index in [4.69, 9.17) is 14.8 Å². The fourth-order valence-electron chi connectivity index (χ4n) is 10.3. The van der Waals surface area contributed by atoms with E-state index in [0.717, 1.165) is 64.7 Å².